The molecule has 0 fully saturated rings. The number of rotatable bonds is 3. The van der Waals surface area contributed by atoms with Crippen LogP contribution in [-0.2, 0) is 0 Å². The number of fused-ring (bicyclic) bond motifs is 1. The van der Waals surface area contributed by atoms with Gasteiger partial charge < -0.3 is 15.5 Å². The number of aromatic nitrogens is 1. The molecule has 0 saturated carbocycles. The van der Waals surface area contributed by atoms with Crippen LogP contribution in [0.2, 0.25) is 0 Å². The van der Waals surface area contributed by atoms with Crippen LogP contribution in [-0.4, -0.2) is 22.2 Å². The molecule has 1 aliphatic heterocycles. The maximum atomic E-state index is 14.2. The number of hydrogen-bond donors (Lipinski definition) is 2. The fourth-order valence-corrected chi connectivity index (χ4v) is 2.89. The number of nitrogens with two attached hydrogens (primary N) is 1. The van der Waals surface area contributed by atoms with Crippen LogP contribution < -0.4 is 10.5 Å². The third-order valence-corrected chi connectivity index (χ3v) is 4.24. The van der Waals surface area contributed by atoms with E-state index in [1.54, 1.807) is 18.5 Å². The average molecular weight is 368 g/mol. The minimum Gasteiger partial charge on any atom is -0.457 e. The molecular formula is C14H11BrFN3OS. The van der Waals surface area contributed by atoms with Crippen LogP contribution in [0.5, 0.6) is 5.75 Å². The second kappa shape index (κ2) is 5.57. The summed E-state index contributed by atoms with van der Waals surface area (Å²) in [6.07, 6.45) is 5.42. The zero-order valence-electron chi connectivity index (χ0n) is 10.8. The number of aliphatic imine (C=N–C) groups is 1. The van der Waals surface area contributed by atoms with Crippen LogP contribution >= 0.6 is 28.1 Å². The Morgan fingerprint density at radius 1 is 1.57 bits per heavy atom. The Bertz CT molecular complexity index is 784. The summed E-state index contributed by atoms with van der Waals surface area (Å²) in [6, 6.07) is 2.94. The van der Waals surface area contributed by atoms with Crippen LogP contribution in [0.1, 0.15) is 6.42 Å². The molecular weight excluding hydrogens is 357 g/mol. The monoisotopic (exact) mass is 367 g/mol. The van der Waals surface area contributed by atoms with Gasteiger partial charge in [0, 0.05) is 35.8 Å². The van der Waals surface area contributed by atoms with Gasteiger partial charge in [-0.15, -0.1) is 0 Å². The predicted molar refractivity (Wildman–Crippen MR) is 88.4 cm³/mol. The van der Waals surface area contributed by atoms with E-state index in [4.69, 9.17) is 22.7 Å². The SMILES string of the molecule is NC(=S)C1CC(Oc2c(F)cc3[nH]ccc3c2Br)=CC=N1. The van der Waals surface area contributed by atoms with Gasteiger partial charge in [-0.1, -0.05) is 12.2 Å². The number of aromatic amines is 1. The van der Waals surface area contributed by atoms with Gasteiger partial charge in [-0.05, 0) is 28.1 Å². The minimum atomic E-state index is -0.452. The van der Waals surface area contributed by atoms with Gasteiger partial charge in [0.2, 0.25) is 0 Å². The highest BCUT2D eigenvalue weighted by atomic mass is 79.9. The topological polar surface area (TPSA) is 63.4 Å². The zero-order chi connectivity index (χ0) is 15.0. The summed E-state index contributed by atoms with van der Waals surface area (Å²) in [7, 11) is 0. The summed E-state index contributed by atoms with van der Waals surface area (Å²) in [6.45, 7) is 0. The lowest BCUT2D eigenvalue weighted by Gasteiger charge is -2.18. The molecule has 3 rings (SSSR count). The van der Waals surface area contributed by atoms with E-state index in [2.05, 4.69) is 25.9 Å². The van der Waals surface area contributed by atoms with Gasteiger partial charge in [0.05, 0.1) is 9.46 Å². The van der Waals surface area contributed by atoms with Crippen LogP contribution in [0.15, 0.2) is 39.6 Å². The largest absolute Gasteiger partial charge is 0.457 e. The summed E-state index contributed by atoms with van der Waals surface area (Å²) in [5.41, 5.74) is 6.29. The van der Waals surface area contributed by atoms with E-state index in [-0.39, 0.29) is 11.8 Å². The molecule has 1 aromatic heterocycles. The van der Waals surface area contributed by atoms with E-state index in [9.17, 15) is 4.39 Å². The molecule has 0 spiro atoms. The van der Waals surface area contributed by atoms with E-state index in [1.807, 2.05) is 6.07 Å². The molecule has 21 heavy (non-hydrogen) atoms. The quantitative estimate of drug-likeness (QED) is 0.816. The lowest BCUT2D eigenvalue weighted by Crippen LogP contribution is -2.27. The lowest BCUT2D eigenvalue weighted by atomic mass is 10.1. The normalized spacial score (nSPS) is 17.8. The highest BCUT2D eigenvalue weighted by molar-refractivity contribution is 9.10. The number of halogens is 2. The molecule has 1 atom stereocenters. The van der Waals surface area contributed by atoms with Gasteiger partial charge in [-0.3, -0.25) is 4.99 Å². The first-order valence-electron chi connectivity index (χ1n) is 6.21. The Labute approximate surface area is 134 Å². The van der Waals surface area contributed by atoms with Crippen LogP contribution in [0, 0.1) is 5.82 Å². The third kappa shape index (κ3) is 2.71. The maximum absolute atomic E-state index is 14.2. The molecule has 108 valence electrons. The fourth-order valence-electron chi connectivity index (χ4n) is 2.13. The van der Waals surface area contributed by atoms with Crippen molar-refractivity contribution in [2.24, 2.45) is 10.7 Å². The second-order valence-electron chi connectivity index (χ2n) is 4.60. The Kier molecular flexibility index (Phi) is 3.77. The highest BCUT2D eigenvalue weighted by Gasteiger charge is 2.20. The Morgan fingerprint density at radius 2 is 2.38 bits per heavy atom. The van der Waals surface area contributed by atoms with Gasteiger partial charge in [0.25, 0.3) is 0 Å². The van der Waals surface area contributed by atoms with Crippen molar-refractivity contribution >= 4 is 50.3 Å². The molecule has 0 amide bonds. The molecule has 3 N–H and O–H groups in total. The van der Waals surface area contributed by atoms with E-state index in [0.717, 1.165) is 5.39 Å². The zero-order valence-corrected chi connectivity index (χ0v) is 13.2. The van der Waals surface area contributed by atoms with Gasteiger partial charge >= 0.3 is 0 Å². The summed E-state index contributed by atoms with van der Waals surface area (Å²) in [4.78, 5) is 7.40. The highest BCUT2D eigenvalue weighted by Crippen LogP contribution is 2.37. The summed E-state index contributed by atoms with van der Waals surface area (Å²) in [5, 5.41) is 0.849. The van der Waals surface area contributed by atoms with Crippen molar-refractivity contribution in [3.05, 3.63) is 40.5 Å². The van der Waals surface area contributed by atoms with Crippen LogP contribution in [0.25, 0.3) is 10.9 Å². The number of H-pyrrole nitrogens is 1. The lowest BCUT2D eigenvalue weighted by molar-refractivity contribution is 0.374. The summed E-state index contributed by atoms with van der Waals surface area (Å²) >= 11 is 8.32. The molecule has 7 heteroatoms. The third-order valence-electron chi connectivity index (χ3n) is 3.19. The Hall–Kier alpha value is -1.73. The molecule has 2 heterocycles. The standard InChI is InChI=1S/C14H11BrFN3OS/c15-12-8-2-4-18-10(8)6-9(16)13(12)20-7-1-3-19-11(5-7)14(17)21/h1-4,6,11,18H,5H2,(H2,17,21). The molecule has 0 aliphatic carbocycles. The minimum absolute atomic E-state index is 0.144. The van der Waals surface area contributed by atoms with Crippen LogP contribution in [0.3, 0.4) is 0 Å². The smallest absolute Gasteiger partial charge is 0.177 e. The molecule has 1 aliphatic rings. The van der Waals surface area contributed by atoms with Gasteiger partial charge in [0.15, 0.2) is 11.6 Å². The molecule has 1 aromatic carbocycles. The number of nitrogens with zero attached hydrogens (tertiary/aromatic N) is 1. The number of hydrogen-bond acceptors (Lipinski definition) is 3. The fraction of sp³-hybridized carbons (Fsp3) is 0.143. The number of ether oxygens (including phenoxy) is 1. The summed E-state index contributed by atoms with van der Waals surface area (Å²) in [5.74, 6) is 0.259. The number of dihydropyridines is 1. The molecule has 2 aromatic rings. The number of benzene rings is 1. The summed E-state index contributed by atoms with van der Waals surface area (Å²) < 4.78 is 20.4. The van der Waals surface area contributed by atoms with Crippen molar-refractivity contribution in [1.82, 2.24) is 4.98 Å². The van der Waals surface area contributed by atoms with Crippen molar-refractivity contribution in [1.29, 1.82) is 0 Å². The number of thiocarbonyl (C=S) groups is 1. The van der Waals surface area contributed by atoms with E-state index >= 15 is 0 Å². The van der Waals surface area contributed by atoms with E-state index in [1.165, 1.54) is 6.07 Å². The first kappa shape index (κ1) is 14.2. The van der Waals surface area contributed by atoms with Gasteiger partial charge in [-0.2, -0.15) is 0 Å². The molecule has 0 bridgehead atoms. The van der Waals surface area contributed by atoms with Crippen molar-refractivity contribution in [2.75, 3.05) is 0 Å². The predicted octanol–water partition coefficient (Wildman–Crippen LogP) is 3.46. The van der Waals surface area contributed by atoms with E-state index < -0.39 is 5.82 Å². The molecule has 0 saturated heterocycles. The van der Waals surface area contributed by atoms with Gasteiger partial charge in [0.1, 0.15) is 11.8 Å². The van der Waals surface area contributed by atoms with Crippen molar-refractivity contribution in [3.63, 3.8) is 0 Å². The molecule has 1 unspecified atom stereocenters. The number of nitrogens with one attached hydrogen (secondary N) is 1. The van der Waals surface area contributed by atoms with Crippen molar-refractivity contribution in [3.8, 4) is 5.75 Å². The number of allylic oxidation sites excluding steroid dienone is 1. The maximum Gasteiger partial charge on any atom is 0.177 e. The Balaban J connectivity index is 1.93. The Morgan fingerprint density at radius 3 is 3.14 bits per heavy atom. The van der Waals surface area contributed by atoms with E-state index in [0.29, 0.717) is 27.2 Å². The first-order valence-corrected chi connectivity index (χ1v) is 7.41. The van der Waals surface area contributed by atoms with Crippen molar-refractivity contribution < 1.29 is 9.13 Å². The van der Waals surface area contributed by atoms with Crippen molar-refractivity contribution in [2.45, 2.75) is 12.5 Å². The van der Waals surface area contributed by atoms with Crippen LogP contribution in [0.4, 0.5) is 4.39 Å². The van der Waals surface area contributed by atoms with Gasteiger partial charge in [-0.25, -0.2) is 4.39 Å². The first-order chi connectivity index (χ1) is 10.1. The molecule has 4 nitrogen and oxygen atoms in total. The second-order valence-corrected chi connectivity index (χ2v) is 5.86. The average Bonchev–Trinajstić information content (AvgIpc) is 2.92. The molecule has 0 radical (unpaired) electrons.